The van der Waals surface area contributed by atoms with Gasteiger partial charge in [0, 0.05) is 20.2 Å². The monoisotopic (exact) mass is 334 g/mol. The van der Waals surface area contributed by atoms with Gasteiger partial charge in [0.2, 0.25) is 0 Å². The van der Waals surface area contributed by atoms with Crippen molar-refractivity contribution in [1.29, 1.82) is 0 Å². The van der Waals surface area contributed by atoms with E-state index in [1.165, 1.54) is 4.31 Å². The molecule has 1 aromatic rings. The Labute approximate surface area is 128 Å². The molecule has 0 spiro atoms. The van der Waals surface area contributed by atoms with Crippen LogP contribution in [0.2, 0.25) is 0 Å². The first-order valence-electron chi connectivity index (χ1n) is 6.39. The summed E-state index contributed by atoms with van der Waals surface area (Å²) in [6.45, 7) is 1.09. The highest BCUT2D eigenvalue weighted by Gasteiger charge is 2.26. The third kappa shape index (κ3) is 3.56. The molecule has 2 heterocycles. The molecule has 1 atom stereocenters. The highest BCUT2D eigenvalue weighted by molar-refractivity contribution is 7.91. The van der Waals surface area contributed by atoms with E-state index in [0.717, 1.165) is 30.6 Å². The number of thiocarbonyl (C=S) groups is 1. The second kappa shape index (κ2) is 6.48. The lowest BCUT2D eigenvalue weighted by Gasteiger charge is -2.26. The van der Waals surface area contributed by atoms with Crippen LogP contribution in [0.25, 0.3) is 0 Å². The Bertz CT molecular complexity index is 577. The fourth-order valence-electron chi connectivity index (χ4n) is 2.08. The van der Waals surface area contributed by atoms with E-state index in [4.69, 9.17) is 22.7 Å². The predicted molar refractivity (Wildman–Crippen MR) is 83.6 cm³/mol. The number of sulfonamides is 1. The topological polar surface area (TPSA) is 72.6 Å². The van der Waals surface area contributed by atoms with Gasteiger partial charge in [-0.1, -0.05) is 12.2 Å². The summed E-state index contributed by atoms with van der Waals surface area (Å²) < 4.78 is 32.1. The summed E-state index contributed by atoms with van der Waals surface area (Å²) in [5, 5.41) is 0. The molecule has 2 rings (SSSR count). The van der Waals surface area contributed by atoms with Crippen LogP contribution in [0.4, 0.5) is 0 Å². The maximum Gasteiger partial charge on any atom is 0.252 e. The van der Waals surface area contributed by atoms with Crippen molar-refractivity contribution in [2.45, 2.75) is 29.6 Å². The Morgan fingerprint density at radius 3 is 2.85 bits per heavy atom. The van der Waals surface area contributed by atoms with Crippen molar-refractivity contribution >= 4 is 38.6 Å². The van der Waals surface area contributed by atoms with Gasteiger partial charge in [-0.25, -0.2) is 8.42 Å². The van der Waals surface area contributed by atoms with Gasteiger partial charge in [0.25, 0.3) is 10.0 Å². The van der Waals surface area contributed by atoms with E-state index in [9.17, 15) is 8.42 Å². The van der Waals surface area contributed by atoms with Crippen LogP contribution in [0.1, 0.15) is 24.1 Å². The Hall–Kier alpha value is -0.540. The zero-order valence-electron chi connectivity index (χ0n) is 11.2. The number of hydrogen-bond donors (Lipinski definition) is 1. The summed E-state index contributed by atoms with van der Waals surface area (Å²) in [6, 6.07) is 3.19. The van der Waals surface area contributed by atoms with Crippen molar-refractivity contribution in [3.63, 3.8) is 0 Å². The fourth-order valence-corrected chi connectivity index (χ4v) is 4.85. The van der Waals surface area contributed by atoms with Gasteiger partial charge in [-0.3, -0.25) is 0 Å². The van der Waals surface area contributed by atoms with E-state index in [0.29, 0.717) is 18.0 Å². The van der Waals surface area contributed by atoms with E-state index in [1.54, 1.807) is 19.2 Å². The van der Waals surface area contributed by atoms with Gasteiger partial charge in [0.1, 0.15) is 9.20 Å². The van der Waals surface area contributed by atoms with Crippen LogP contribution in [0.5, 0.6) is 0 Å². The molecule has 1 unspecified atom stereocenters. The molecule has 0 amide bonds. The summed E-state index contributed by atoms with van der Waals surface area (Å²) >= 11 is 5.96. The zero-order chi connectivity index (χ0) is 14.8. The number of ether oxygens (including phenoxy) is 1. The number of rotatable bonds is 5. The van der Waals surface area contributed by atoms with E-state index in [-0.39, 0.29) is 15.3 Å². The normalized spacial score (nSPS) is 20.2. The average Bonchev–Trinajstić information content (AvgIpc) is 2.90. The van der Waals surface area contributed by atoms with Crippen LogP contribution in [-0.2, 0) is 14.8 Å². The van der Waals surface area contributed by atoms with Gasteiger partial charge >= 0.3 is 0 Å². The summed E-state index contributed by atoms with van der Waals surface area (Å²) in [4.78, 5) is 0.829. The molecule has 8 heteroatoms. The van der Waals surface area contributed by atoms with E-state index in [1.807, 2.05) is 0 Å². The summed E-state index contributed by atoms with van der Waals surface area (Å²) in [6.07, 6.45) is 3.03. The number of nitrogens with two attached hydrogens (primary N) is 1. The van der Waals surface area contributed by atoms with E-state index >= 15 is 0 Å². The first kappa shape index (κ1) is 15.8. The van der Waals surface area contributed by atoms with Gasteiger partial charge in [0.05, 0.1) is 11.0 Å². The summed E-state index contributed by atoms with van der Waals surface area (Å²) in [5.41, 5.74) is 5.51. The highest BCUT2D eigenvalue weighted by atomic mass is 32.2. The van der Waals surface area contributed by atoms with Crippen molar-refractivity contribution in [2.24, 2.45) is 5.73 Å². The lowest BCUT2D eigenvalue weighted by atomic mass is 10.1. The molecule has 0 aliphatic carbocycles. The molecule has 1 saturated heterocycles. The fraction of sp³-hybridized carbons (Fsp3) is 0.583. The molecule has 1 aliphatic heterocycles. The SMILES string of the molecule is CN(CC1CCCCO1)S(=O)(=O)c1ccc(C(N)=S)s1. The van der Waals surface area contributed by atoms with Crippen molar-refractivity contribution < 1.29 is 13.2 Å². The second-order valence-electron chi connectivity index (χ2n) is 4.76. The van der Waals surface area contributed by atoms with E-state index in [2.05, 4.69) is 0 Å². The molecular weight excluding hydrogens is 316 g/mol. The number of thiophene rings is 1. The van der Waals surface area contributed by atoms with Crippen molar-refractivity contribution in [1.82, 2.24) is 4.31 Å². The molecule has 1 aromatic heterocycles. The van der Waals surface area contributed by atoms with Crippen LogP contribution in [0, 0.1) is 0 Å². The average molecular weight is 334 g/mol. The largest absolute Gasteiger partial charge is 0.389 e. The second-order valence-corrected chi connectivity index (χ2v) is 8.55. The lowest BCUT2D eigenvalue weighted by Crippen LogP contribution is -2.36. The van der Waals surface area contributed by atoms with Gasteiger partial charge in [0.15, 0.2) is 0 Å². The Balaban J connectivity index is 2.09. The van der Waals surface area contributed by atoms with Crippen molar-refractivity contribution in [2.75, 3.05) is 20.2 Å². The van der Waals surface area contributed by atoms with Crippen LogP contribution in [0.3, 0.4) is 0 Å². The minimum atomic E-state index is -3.49. The Kier molecular flexibility index (Phi) is 5.14. The van der Waals surface area contributed by atoms with Crippen LogP contribution >= 0.6 is 23.6 Å². The van der Waals surface area contributed by atoms with Gasteiger partial charge in [-0.05, 0) is 31.4 Å². The van der Waals surface area contributed by atoms with E-state index < -0.39 is 10.0 Å². The number of likely N-dealkylation sites (N-methyl/N-ethyl adjacent to an activating group) is 1. The van der Waals surface area contributed by atoms with Crippen LogP contribution < -0.4 is 5.73 Å². The van der Waals surface area contributed by atoms with Gasteiger partial charge < -0.3 is 10.5 Å². The Morgan fingerprint density at radius 1 is 1.55 bits per heavy atom. The summed E-state index contributed by atoms with van der Waals surface area (Å²) in [5.74, 6) is 0. The lowest BCUT2D eigenvalue weighted by molar-refractivity contribution is 0.00860. The van der Waals surface area contributed by atoms with Gasteiger partial charge in [-0.2, -0.15) is 4.31 Å². The number of nitrogens with zero attached hydrogens (tertiary/aromatic N) is 1. The van der Waals surface area contributed by atoms with Crippen molar-refractivity contribution in [3.05, 3.63) is 17.0 Å². The maximum atomic E-state index is 12.4. The zero-order valence-corrected chi connectivity index (χ0v) is 13.7. The molecular formula is C12H18N2O3S3. The Morgan fingerprint density at radius 2 is 2.30 bits per heavy atom. The minimum absolute atomic E-state index is 0.0152. The molecule has 20 heavy (non-hydrogen) atoms. The number of hydrogen-bond acceptors (Lipinski definition) is 5. The summed E-state index contributed by atoms with van der Waals surface area (Å²) in [7, 11) is -1.92. The molecule has 1 fully saturated rings. The molecule has 0 aromatic carbocycles. The third-order valence-corrected chi connectivity index (χ3v) is 6.98. The predicted octanol–water partition coefficient (Wildman–Crippen LogP) is 1.57. The van der Waals surface area contributed by atoms with Crippen LogP contribution in [-0.4, -0.2) is 44.0 Å². The standard InChI is InChI=1S/C12H18N2O3S3/c1-14(8-9-4-2-3-7-17-9)20(15,16)11-6-5-10(19-11)12(13)18/h5-6,9H,2-4,7-8H2,1H3,(H2,13,18). The van der Waals surface area contributed by atoms with Crippen LogP contribution in [0.15, 0.2) is 16.3 Å². The molecule has 112 valence electrons. The molecule has 0 saturated carbocycles. The first-order chi connectivity index (χ1) is 9.41. The molecule has 0 bridgehead atoms. The smallest absolute Gasteiger partial charge is 0.252 e. The maximum absolute atomic E-state index is 12.4. The molecule has 2 N–H and O–H groups in total. The molecule has 5 nitrogen and oxygen atoms in total. The van der Waals surface area contributed by atoms with Gasteiger partial charge in [-0.15, -0.1) is 11.3 Å². The molecule has 0 radical (unpaired) electrons. The third-order valence-electron chi connectivity index (χ3n) is 3.22. The highest BCUT2D eigenvalue weighted by Crippen LogP contribution is 2.25. The minimum Gasteiger partial charge on any atom is -0.389 e. The van der Waals surface area contributed by atoms with Crippen molar-refractivity contribution in [3.8, 4) is 0 Å². The quantitative estimate of drug-likeness (QED) is 0.828. The first-order valence-corrected chi connectivity index (χ1v) is 9.05. The molecule has 1 aliphatic rings.